The van der Waals surface area contributed by atoms with Crippen LogP contribution in [-0.4, -0.2) is 23.0 Å². The van der Waals surface area contributed by atoms with Crippen molar-refractivity contribution in [3.05, 3.63) is 83.9 Å². The summed E-state index contributed by atoms with van der Waals surface area (Å²) in [6.07, 6.45) is 3.43. The fourth-order valence-corrected chi connectivity index (χ4v) is 3.41. The minimum Gasteiger partial charge on any atom is -0.490 e. The van der Waals surface area contributed by atoms with E-state index in [2.05, 4.69) is 10.3 Å². The summed E-state index contributed by atoms with van der Waals surface area (Å²) in [5.74, 6) is 0.0293. The Morgan fingerprint density at radius 3 is 2.55 bits per heavy atom. The van der Waals surface area contributed by atoms with E-state index in [1.165, 1.54) is 6.07 Å². The van der Waals surface area contributed by atoms with Gasteiger partial charge >= 0.3 is 0 Å². The van der Waals surface area contributed by atoms with Gasteiger partial charge in [0.15, 0.2) is 0 Å². The zero-order chi connectivity index (χ0) is 20.9. The van der Waals surface area contributed by atoms with Crippen LogP contribution in [0.25, 0.3) is 11.1 Å². The molecule has 7 heteroatoms. The van der Waals surface area contributed by atoms with Gasteiger partial charge in [0, 0.05) is 41.7 Å². The van der Waals surface area contributed by atoms with Crippen LogP contribution in [0, 0.1) is 5.82 Å². The standard InChI is InChI=1S/C24H24FN3O2.ClH/c25-23-13-20(30-21-10-18(26)11-21)8-9-22(23)17-6-7-19(27-15-17)12-24(29)28-14-16-4-2-1-3-5-16;/h1-9,13,15,18,21H,10-12,14,26H2,(H,28,29);1H. The average Bonchev–Trinajstić information content (AvgIpc) is 2.73. The lowest BCUT2D eigenvalue weighted by atomic mass is 9.90. The summed E-state index contributed by atoms with van der Waals surface area (Å²) >= 11 is 0. The van der Waals surface area contributed by atoms with Crippen LogP contribution in [0.15, 0.2) is 66.9 Å². The SMILES string of the molecule is Cl.NC1CC(Oc2ccc(-c3ccc(CC(=O)NCc4ccccc4)nc3)c(F)c2)C1. The first-order valence-corrected chi connectivity index (χ1v) is 10.0. The normalized spacial score (nSPS) is 17.2. The van der Waals surface area contributed by atoms with Crippen LogP contribution in [0.5, 0.6) is 5.75 Å². The second-order valence-corrected chi connectivity index (χ2v) is 7.59. The lowest BCUT2D eigenvalue weighted by Crippen LogP contribution is -2.43. The Kier molecular flexibility index (Phi) is 7.60. The Bertz CT molecular complexity index is 1010. The highest BCUT2D eigenvalue weighted by Gasteiger charge is 2.27. The molecule has 1 aliphatic carbocycles. The summed E-state index contributed by atoms with van der Waals surface area (Å²) in [5, 5.41) is 2.88. The van der Waals surface area contributed by atoms with Gasteiger partial charge in [-0.15, -0.1) is 12.4 Å². The molecule has 0 atom stereocenters. The Balaban J connectivity index is 0.00000272. The zero-order valence-corrected chi connectivity index (χ0v) is 17.8. The van der Waals surface area contributed by atoms with E-state index in [4.69, 9.17) is 10.5 Å². The molecule has 1 amide bonds. The van der Waals surface area contributed by atoms with Gasteiger partial charge in [-0.25, -0.2) is 4.39 Å². The lowest BCUT2D eigenvalue weighted by molar-refractivity contribution is -0.120. The van der Waals surface area contributed by atoms with Crippen LogP contribution in [0.2, 0.25) is 0 Å². The molecule has 1 saturated carbocycles. The van der Waals surface area contributed by atoms with Crippen molar-refractivity contribution < 1.29 is 13.9 Å². The lowest BCUT2D eigenvalue weighted by Gasteiger charge is -2.32. The summed E-state index contributed by atoms with van der Waals surface area (Å²) in [6, 6.07) is 18.3. The molecule has 1 aliphatic rings. The molecular formula is C24H25ClFN3O2. The maximum Gasteiger partial charge on any atom is 0.226 e. The van der Waals surface area contributed by atoms with Crippen molar-refractivity contribution in [2.24, 2.45) is 5.73 Å². The highest BCUT2D eigenvalue weighted by atomic mass is 35.5. The quantitative estimate of drug-likeness (QED) is 0.580. The number of pyridine rings is 1. The predicted molar refractivity (Wildman–Crippen MR) is 120 cm³/mol. The number of carbonyl (C=O) groups excluding carboxylic acids is 1. The minimum absolute atomic E-state index is 0. The van der Waals surface area contributed by atoms with Gasteiger partial charge in [0.05, 0.1) is 6.42 Å². The number of hydrogen-bond acceptors (Lipinski definition) is 4. The number of rotatable bonds is 7. The van der Waals surface area contributed by atoms with E-state index in [0.717, 1.165) is 18.4 Å². The molecule has 1 aromatic heterocycles. The van der Waals surface area contributed by atoms with Crippen LogP contribution in [-0.2, 0) is 17.8 Å². The average molecular weight is 442 g/mol. The number of amides is 1. The Hall–Kier alpha value is -2.96. The van der Waals surface area contributed by atoms with Crippen molar-refractivity contribution in [2.45, 2.75) is 38.0 Å². The number of nitrogens with zero attached hydrogens (tertiary/aromatic N) is 1. The third-order valence-electron chi connectivity index (χ3n) is 5.18. The maximum absolute atomic E-state index is 14.6. The Morgan fingerprint density at radius 2 is 1.90 bits per heavy atom. The van der Waals surface area contributed by atoms with Gasteiger partial charge in [-0.05, 0) is 36.6 Å². The number of nitrogens with two attached hydrogens (primary N) is 1. The van der Waals surface area contributed by atoms with E-state index in [9.17, 15) is 9.18 Å². The van der Waals surface area contributed by atoms with Gasteiger partial charge in [-0.1, -0.05) is 36.4 Å². The fraction of sp³-hybridized carbons (Fsp3) is 0.250. The molecule has 4 rings (SSSR count). The zero-order valence-electron chi connectivity index (χ0n) is 17.0. The number of aromatic nitrogens is 1. The van der Waals surface area contributed by atoms with Crippen LogP contribution in [0.1, 0.15) is 24.1 Å². The van der Waals surface area contributed by atoms with Crippen LogP contribution >= 0.6 is 12.4 Å². The number of benzene rings is 2. The molecule has 1 heterocycles. The van der Waals surface area contributed by atoms with Gasteiger partial charge in [0.2, 0.25) is 5.91 Å². The monoisotopic (exact) mass is 441 g/mol. The number of hydrogen-bond donors (Lipinski definition) is 2. The van der Waals surface area contributed by atoms with E-state index < -0.39 is 0 Å². The van der Waals surface area contributed by atoms with Gasteiger partial charge < -0.3 is 15.8 Å². The van der Waals surface area contributed by atoms with Gasteiger partial charge in [-0.3, -0.25) is 9.78 Å². The topological polar surface area (TPSA) is 77.2 Å². The van der Waals surface area contributed by atoms with Gasteiger partial charge in [-0.2, -0.15) is 0 Å². The maximum atomic E-state index is 14.6. The summed E-state index contributed by atoms with van der Waals surface area (Å²) in [5.41, 5.74) is 8.52. The van der Waals surface area contributed by atoms with Crippen molar-refractivity contribution in [3.8, 4) is 16.9 Å². The van der Waals surface area contributed by atoms with Crippen molar-refractivity contribution in [3.63, 3.8) is 0 Å². The van der Waals surface area contributed by atoms with Crippen LogP contribution in [0.4, 0.5) is 4.39 Å². The van der Waals surface area contributed by atoms with Crippen molar-refractivity contribution in [2.75, 3.05) is 0 Å². The molecule has 1 fully saturated rings. The predicted octanol–water partition coefficient (Wildman–Crippen LogP) is 4.04. The first-order valence-electron chi connectivity index (χ1n) is 10.0. The van der Waals surface area contributed by atoms with Crippen LogP contribution < -0.4 is 15.8 Å². The molecule has 0 saturated heterocycles. The molecule has 0 radical (unpaired) electrons. The molecule has 162 valence electrons. The molecule has 0 aliphatic heterocycles. The Labute approximate surface area is 187 Å². The molecule has 0 bridgehead atoms. The molecule has 31 heavy (non-hydrogen) atoms. The summed E-state index contributed by atoms with van der Waals surface area (Å²) in [7, 11) is 0. The third-order valence-corrected chi connectivity index (χ3v) is 5.18. The number of nitrogens with one attached hydrogen (secondary N) is 1. The largest absolute Gasteiger partial charge is 0.490 e. The molecule has 3 N–H and O–H groups in total. The minimum atomic E-state index is -0.369. The van der Waals surface area contributed by atoms with Gasteiger partial charge in [0.25, 0.3) is 0 Å². The molecule has 3 aromatic rings. The van der Waals surface area contributed by atoms with Crippen molar-refractivity contribution in [1.82, 2.24) is 10.3 Å². The van der Waals surface area contributed by atoms with E-state index in [1.54, 1.807) is 30.5 Å². The highest BCUT2D eigenvalue weighted by molar-refractivity contribution is 5.85. The number of carbonyl (C=O) groups is 1. The van der Waals surface area contributed by atoms with Gasteiger partial charge in [0.1, 0.15) is 17.7 Å². The molecular weight excluding hydrogens is 417 g/mol. The molecule has 0 spiro atoms. The Morgan fingerprint density at radius 1 is 1.13 bits per heavy atom. The van der Waals surface area contributed by atoms with E-state index in [0.29, 0.717) is 29.1 Å². The van der Waals surface area contributed by atoms with E-state index in [-0.39, 0.29) is 42.7 Å². The van der Waals surface area contributed by atoms with Crippen LogP contribution in [0.3, 0.4) is 0 Å². The summed E-state index contributed by atoms with van der Waals surface area (Å²) in [4.78, 5) is 16.5. The number of halogens is 2. The first kappa shape index (κ1) is 22.7. The molecule has 0 unspecified atom stereocenters. The van der Waals surface area contributed by atoms with E-state index >= 15 is 0 Å². The van der Waals surface area contributed by atoms with Crippen molar-refractivity contribution in [1.29, 1.82) is 0 Å². The highest BCUT2D eigenvalue weighted by Crippen LogP contribution is 2.29. The van der Waals surface area contributed by atoms with Crippen molar-refractivity contribution >= 4 is 18.3 Å². The number of ether oxygens (including phenoxy) is 1. The smallest absolute Gasteiger partial charge is 0.226 e. The summed E-state index contributed by atoms with van der Waals surface area (Å²) in [6.45, 7) is 0.476. The molecule has 5 nitrogen and oxygen atoms in total. The second-order valence-electron chi connectivity index (χ2n) is 7.59. The summed E-state index contributed by atoms with van der Waals surface area (Å²) < 4.78 is 20.3. The molecule has 2 aromatic carbocycles. The second kappa shape index (κ2) is 10.4. The first-order chi connectivity index (χ1) is 14.6. The third kappa shape index (κ3) is 6.03. The van der Waals surface area contributed by atoms with E-state index in [1.807, 2.05) is 30.3 Å². The fourth-order valence-electron chi connectivity index (χ4n) is 3.41.